The zero-order valence-corrected chi connectivity index (χ0v) is 30.1. The minimum absolute atomic E-state index is 0.270. The molecule has 2 heterocycles. The summed E-state index contributed by atoms with van der Waals surface area (Å²) < 4.78 is 6.57. The third-order valence-electron chi connectivity index (χ3n) is 10.9. The smallest absolute Gasteiger partial charge is 0.180 e. The van der Waals surface area contributed by atoms with E-state index in [1.165, 1.54) is 85.5 Å². The van der Waals surface area contributed by atoms with E-state index in [-0.39, 0.29) is 5.54 Å². The number of para-hydroxylation sites is 1. The molecule has 3 heteroatoms. The van der Waals surface area contributed by atoms with Crippen molar-refractivity contribution < 1.29 is 4.74 Å². The van der Waals surface area contributed by atoms with E-state index in [4.69, 9.17) is 4.74 Å². The number of nitrogens with zero attached hydrogens (tertiary/aromatic N) is 1. The molecular formula is C44H49NOSi. The Kier molecular flexibility index (Phi) is 8.38. The molecule has 0 aliphatic carbocycles. The van der Waals surface area contributed by atoms with Crippen molar-refractivity contribution in [3.05, 3.63) is 131 Å². The number of unbranched alkanes of at least 4 members (excludes halogenated alkanes) is 3. The molecule has 0 bridgehead atoms. The molecule has 0 aromatic heterocycles. The molecule has 1 atom stereocenters. The molecule has 7 rings (SSSR count). The zero-order chi connectivity index (χ0) is 32.8. The number of hydrogen-bond acceptors (Lipinski definition) is 2. The first-order valence-electron chi connectivity index (χ1n) is 17.6. The number of anilines is 1. The van der Waals surface area contributed by atoms with E-state index in [1.807, 2.05) is 0 Å². The maximum absolute atomic E-state index is 6.57. The Hall–Kier alpha value is -4.08. The summed E-state index contributed by atoms with van der Waals surface area (Å²) in [6.07, 6.45) is 6.10. The molecule has 2 nitrogen and oxygen atoms in total. The third kappa shape index (κ3) is 5.63. The summed E-state index contributed by atoms with van der Waals surface area (Å²) in [6.45, 7) is 14.4. The van der Waals surface area contributed by atoms with Gasteiger partial charge in [-0.15, -0.1) is 0 Å². The average Bonchev–Trinajstić information content (AvgIpc) is 3.51. The van der Waals surface area contributed by atoms with Gasteiger partial charge in [0.25, 0.3) is 0 Å². The van der Waals surface area contributed by atoms with E-state index >= 15 is 0 Å². The lowest BCUT2D eigenvalue weighted by atomic mass is 10.0. The second-order valence-corrected chi connectivity index (χ2v) is 18.4. The average molecular weight is 636 g/mol. The molecule has 5 aromatic rings. The topological polar surface area (TPSA) is 12.2 Å². The highest BCUT2D eigenvalue weighted by molar-refractivity contribution is 7.22. The largest absolute Gasteiger partial charge is 0.493 e. The predicted octanol–water partition coefficient (Wildman–Crippen LogP) is 8.27. The molecule has 0 radical (unpaired) electrons. The summed E-state index contributed by atoms with van der Waals surface area (Å²) in [7, 11) is -2.51. The van der Waals surface area contributed by atoms with Crippen LogP contribution in [0.5, 0.6) is 5.75 Å². The Balaban J connectivity index is 1.09. The van der Waals surface area contributed by atoms with Crippen LogP contribution in [0.3, 0.4) is 0 Å². The van der Waals surface area contributed by atoms with Gasteiger partial charge in [0.2, 0.25) is 0 Å². The summed E-state index contributed by atoms with van der Waals surface area (Å²) in [6, 6.07) is 42.2. The molecule has 1 fully saturated rings. The maximum Gasteiger partial charge on any atom is 0.180 e. The molecule has 0 saturated carbocycles. The van der Waals surface area contributed by atoms with Gasteiger partial charge >= 0.3 is 0 Å². The van der Waals surface area contributed by atoms with E-state index < -0.39 is 8.07 Å². The van der Waals surface area contributed by atoms with E-state index in [9.17, 15) is 0 Å². The van der Waals surface area contributed by atoms with Crippen molar-refractivity contribution in [3.63, 3.8) is 0 Å². The SMILES string of the molecule is Cc1ccc([Si]2(c3ccc(C)cc3)c3cc(C)ccc3-c3cc(OCCCCCCC4N(c5ccccc5)C4(C)C)c(C)cc32)cc1. The summed E-state index contributed by atoms with van der Waals surface area (Å²) in [5, 5.41) is 5.89. The molecule has 47 heavy (non-hydrogen) atoms. The van der Waals surface area contributed by atoms with Crippen LogP contribution in [0.4, 0.5) is 5.69 Å². The van der Waals surface area contributed by atoms with Crippen molar-refractivity contribution in [2.45, 2.75) is 85.2 Å². The number of aryl methyl sites for hydroxylation is 4. The van der Waals surface area contributed by atoms with Crippen LogP contribution < -0.4 is 30.4 Å². The van der Waals surface area contributed by atoms with Gasteiger partial charge in [0.15, 0.2) is 8.07 Å². The molecule has 1 unspecified atom stereocenters. The lowest BCUT2D eigenvalue weighted by molar-refractivity contribution is 0.302. The molecule has 2 aliphatic heterocycles. The highest BCUT2D eigenvalue weighted by Crippen LogP contribution is 2.47. The minimum atomic E-state index is -2.51. The summed E-state index contributed by atoms with van der Waals surface area (Å²) in [5.41, 5.74) is 9.51. The minimum Gasteiger partial charge on any atom is -0.493 e. The molecule has 0 N–H and O–H groups in total. The van der Waals surface area contributed by atoms with Crippen molar-refractivity contribution in [3.8, 4) is 16.9 Å². The van der Waals surface area contributed by atoms with Gasteiger partial charge in [-0.25, -0.2) is 0 Å². The van der Waals surface area contributed by atoms with E-state index in [1.54, 1.807) is 0 Å². The molecule has 1 saturated heterocycles. The van der Waals surface area contributed by atoms with Gasteiger partial charge in [-0.2, -0.15) is 0 Å². The molecular weight excluding hydrogens is 587 g/mol. The fourth-order valence-corrected chi connectivity index (χ4v) is 13.6. The first kappa shape index (κ1) is 31.5. The Morgan fingerprint density at radius 1 is 0.617 bits per heavy atom. The zero-order valence-electron chi connectivity index (χ0n) is 29.1. The van der Waals surface area contributed by atoms with Crippen molar-refractivity contribution in [1.29, 1.82) is 0 Å². The van der Waals surface area contributed by atoms with Crippen molar-refractivity contribution >= 4 is 34.5 Å². The summed E-state index contributed by atoms with van der Waals surface area (Å²) >= 11 is 0. The lowest BCUT2D eigenvalue weighted by Gasteiger charge is -2.32. The Morgan fingerprint density at radius 2 is 1.21 bits per heavy atom. The van der Waals surface area contributed by atoms with Gasteiger partial charge in [0.1, 0.15) is 5.75 Å². The van der Waals surface area contributed by atoms with Gasteiger partial charge < -0.3 is 9.64 Å². The highest BCUT2D eigenvalue weighted by Gasteiger charge is 2.54. The fraction of sp³-hybridized carbons (Fsp3) is 0.318. The second kappa shape index (κ2) is 12.5. The highest BCUT2D eigenvalue weighted by atomic mass is 28.3. The summed E-state index contributed by atoms with van der Waals surface area (Å²) in [4.78, 5) is 2.58. The number of benzene rings is 5. The van der Waals surface area contributed by atoms with Crippen LogP contribution in [0.2, 0.25) is 0 Å². The normalized spacial score (nSPS) is 16.9. The van der Waals surface area contributed by atoms with E-state index in [2.05, 4.69) is 156 Å². The Labute approximate surface area is 283 Å². The molecule has 2 aliphatic rings. The van der Waals surface area contributed by atoms with Gasteiger partial charge in [0.05, 0.1) is 18.2 Å². The predicted molar refractivity (Wildman–Crippen MR) is 203 cm³/mol. The monoisotopic (exact) mass is 635 g/mol. The number of hydrogen-bond donors (Lipinski definition) is 0. The van der Waals surface area contributed by atoms with Crippen molar-refractivity contribution in [1.82, 2.24) is 0 Å². The van der Waals surface area contributed by atoms with Crippen LogP contribution >= 0.6 is 0 Å². The molecule has 240 valence electrons. The maximum atomic E-state index is 6.57. The Morgan fingerprint density at radius 3 is 1.87 bits per heavy atom. The van der Waals surface area contributed by atoms with Crippen LogP contribution in [0.15, 0.2) is 109 Å². The number of rotatable bonds is 11. The van der Waals surface area contributed by atoms with Crippen LogP contribution in [-0.2, 0) is 0 Å². The van der Waals surface area contributed by atoms with Gasteiger partial charge in [-0.3, -0.25) is 0 Å². The van der Waals surface area contributed by atoms with Crippen LogP contribution in [0.25, 0.3) is 11.1 Å². The van der Waals surface area contributed by atoms with E-state index in [0.717, 1.165) is 18.8 Å². The van der Waals surface area contributed by atoms with Crippen LogP contribution in [0, 0.1) is 27.7 Å². The molecule has 0 amide bonds. The van der Waals surface area contributed by atoms with Crippen molar-refractivity contribution in [2.75, 3.05) is 11.5 Å². The fourth-order valence-electron chi connectivity index (χ4n) is 8.25. The first-order chi connectivity index (χ1) is 22.7. The second-order valence-electron chi connectivity index (χ2n) is 14.6. The first-order valence-corrected chi connectivity index (χ1v) is 19.6. The number of ether oxygens (including phenoxy) is 1. The van der Waals surface area contributed by atoms with Crippen LogP contribution in [-0.4, -0.2) is 26.3 Å². The van der Waals surface area contributed by atoms with Gasteiger partial charge in [0, 0.05) is 5.69 Å². The van der Waals surface area contributed by atoms with Gasteiger partial charge in [-0.1, -0.05) is 127 Å². The van der Waals surface area contributed by atoms with Crippen LogP contribution in [0.1, 0.15) is 68.2 Å². The van der Waals surface area contributed by atoms with Crippen molar-refractivity contribution in [2.24, 2.45) is 0 Å². The van der Waals surface area contributed by atoms with E-state index in [0.29, 0.717) is 6.04 Å². The summed E-state index contributed by atoms with van der Waals surface area (Å²) in [5.74, 6) is 1.03. The van der Waals surface area contributed by atoms with Gasteiger partial charge in [-0.05, 0) is 110 Å². The molecule has 5 aromatic carbocycles. The standard InChI is InChI=1S/C44H49NOSi/c1-31-17-22-36(23-18-31)47(37-24-19-32(2)20-25-37)41-28-33(3)21-26-38(41)39-30-40(34(4)29-42(39)47)46-27-13-8-7-12-16-43-44(5,6)45(43)35-14-10-9-11-15-35/h9-11,14-15,17-26,28-30,43H,7-8,12-13,16,27H2,1-6H3. The lowest BCUT2D eigenvalue weighted by Crippen LogP contribution is -2.72. The Bertz CT molecular complexity index is 1830. The third-order valence-corrected chi connectivity index (χ3v) is 15.7. The quantitative estimate of drug-likeness (QED) is 0.0807. The number of fused-ring (bicyclic) bond motifs is 3. The molecule has 0 spiro atoms.